The van der Waals surface area contributed by atoms with Gasteiger partial charge in [-0.1, -0.05) is 13.3 Å². The van der Waals surface area contributed by atoms with Gasteiger partial charge in [0.05, 0.1) is 0 Å². The standard InChI is InChI=1S/C8H12N4O2/c1-2-3-5-4-6(13)11-8(10-5)12-7(9)14/h4H,2-3H2,1H3,(H4,9,10,11,12,13,14). The molecule has 0 unspecified atom stereocenters. The third-order valence-corrected chi connectivity index (χ3v) is 1.56. The van der Waals surface area contributed by atoms with Crippen LogP contribution in [0.4, 0.5) is 10.7 Å². The van der Waals surface area contributed by atoms with Crippen LogP contribution in [0.15, 0.2) is 10.9 Å². The second kappa shape index (κ2) is 4.40. The molecule has 76 valence electrons. The molecule has 2 amide bonds. The Balaban J connectivity index is 2.94. The first-order valence-corrected chi connectivity index (χ1v) is 4.28. The Bertz CT molecular complexity index is 385. The number of nitrogens with two attached hydrogens (primary N) is 1. The molecule has 0 saturated carbocycles. The third kappa shape index (κ3) is 2.89. The van der Waals surface area contributed by atoms with Crippen LogP contribution in [0.2, 0.25) is 0 Å². The molecule has 0 radical (unpaired) electrons. The van der Waals surface area contributed by atoms with Gasteiger partial charge in [-0.15, -0.1) is 0 Å². The number of nitrogens with one attached hydrogen (secondary N) is 2. The molecule has 6 heteroatoms. The Hall–Kier alpha value is -1.85. The van der Waals surface area contributed by atoms with Crippen LogP contribution in [-0.4, -0.2) is 16.0 Å². The van der Waals surface area contributed by atoms with E-state index in [1.807, 2.05) is 6.92 Å². The van der Waals surface area contributed by atoms with Gasteiger partial charge in [0.15, 0.2) is 0 Å². The highest BCUT2D eigenvalue weighted by atomic mass is 16.2. The summed E-state index contributed by atoms with van der Waals surface area (Å²) < 4.78 is 0. The number of nitrogens with zero attached hydrogens (tertiary/aromatic N) is 1. The molecule has 0 aliphatic heterocycles. The molecule has 14 heavy (non-hydrogen) atoms. The largest absolute Gasteiger partial charge is 0.351 e. The van der Waals surface area contributed by atoms with Crippen LogP contribution in [0.25, 0.3) is 0 Å². The van der Waals surface area contributed by atoms with Crippen LogP contribution >= 0.6 is 0 Å². The summed E-state index contributed by atoms with van der Waals surface area (Å²) in [6, 6.07) is 0.650. The van der Waals surface area contributed by atoms with Gasteiger partial charge in [0, 0.05) is 11.8 Å². The Morgan fingerprint density at radius 3 is 3.00 bits per heavy atom. The summed E-state index contributed by atoms with van der Waals surface area (Å²) in [4.78, 5) is 27.9. The first-order chi connectivity index (χ1) is 6.61. The molecule has 0 aromatic carbocycles. The molecule has 0 aliphatic rings. The van der Waals surface area contributed by atoms with Crippen molar-refractivity contribution in [2.24, 2.45) is 5.73 Å². The molecule has 0 fully saturated rings. The van der Waals surface area contributed by atoms with Crippen molar-refractivity contribution in [1.82, 2.24) is 9.97 Å². The number of aromatic amines is 1. The summed E-state index contributed by atoms with van der Waals surface area (Å²) in [7, 11) is 0. The Morgan fingerprint density at radius 1 is 1.71 bits per heavy atom. The van der Waals surface area contributed by atoms with Crippen LogP contribution in [0.1, 0.15) is 19.0 Å². The average Bonchev–Trinajstić information content (AvgIpc) is 2.01. The molecule has 6 nitrogen and oxygen atoms in total. The van der Waals surface area contributed by atoms with E-state index < -0.39 is 11.6 Å². The molecule has 0 spiro atoms. The van der Waals surface area contributed by atoms with E-state index in [4.69, 9.17) is 5.73 Å². The molecular weight excluding hydrogens is 184 g/mol. The first kappa shape index (κ1) is 10.2. The summed E-state index contributed by atoms with van der Waals surface area (Å²) in [5.41, 5.74) is 5.23. The normalized spacial score (nSPS) is 9.79. The molecule has 4 N–H and O–H groups in total. The minimum Gasteiger partial charge on any atom is -0.351 e. The fourth-order valence-corrected chi connectivity index (χ4v) is 1.09. The second-order valence-corrected chi connectivity index (χ2v) is 2.83. The molecule has 1 heterocycles. The van der Waals surface area contributed by atoms with Gasteiger partial charge in [-0.25, -0.2) is 4.79 Å². The van der Waals surface area contributed by atoms with Gasteiger partial charge in [0.1, 0.15) is 0 Å². The number of amides is 2. The van der Waals surface area contributed by atoms with E-state index >= 15 is 0 Å². The van der Waals surface area contributed by atoms with Crippen LogP contribution in [-0.2, 0) is 6.42 Å². The monoisotopic (exact) mass is 196 g/mol. The van der Waals surface area contributed by atoms with Crippen molar-refractivity contribution in [3.8, 4) is 0 Å². The van der Waals surface area contributed by atoms with Gasteiger partial charge < -0.3 is 10.7 Å². The van der Waals surface area contributed by atoms with E-state index in [9.17, 15) is 9.59 Å². The number of carbonyl (C=O) groups is 1. The van der Waals surface area contributed by atoms with Crippen LogP contribution < -0.4 is 16.6 Å². The lowest BCUT2D eigenvalue weighted by Gasteiger charge is -2.03. The number of aryl methyl sites for hydroxylation is 1. The van der Waals surface area contributed by atoms with Crippen molar-refractivity contribution >= 4 is 12.0 Å². The van der Waals surface area contributed by atoms with Crippen molar-refractivity contribution in [3.63, 3.8) is 0 Å². The molecule has 0 saturated heterocycles. The molecule has 1 rings (SSSR count). The molecule has 1 aromatic rings. The smallest absolute Gasteiger partial charge is 0.318 e. The predicted octanol–water partition coefficient (Wildman–Crippen LogP) is 0.213. The number of urea groups is 1. The molecule has 0 atom stereocenters. The third-order valence-electron chi connectivity index (χ3n) is 1.56. The minimum atomic E-state index is -0.748. The molecule has 0 aliphatic carbocycles. The zero-order chi connectivity index (χ0) is 10.6. The highest BCUT2D eigenvalue weighted by molar-refractivity contribution is 5.85. The minimum absolute atomic E-state index is 0.0912. The van der Waals surface area contributed by atoms with Gasteiger partial charge in [-0.3, -0.25) is 10.1 Å². The van der Waals surface area contributed by atoms with Crippen LogP contribution in [0, 0.1) is 0 Å². The van der Waals surface area contributed by atoms with Gasteiger partial charge in [-0.2, -0.15) is 4.98 Å². The number of primary amides is 1. The summed E-state index contributed by atoms with van der Waals surface area (Å²) >= 11 is 0. The van der Waals surface area contributed by atoms with E-state index in [1.54, 1.807) is 0 Å². The topological polar surface area (TPSA) is 101 Å². The maximum Gasteiger partial charge on any atom is 0.318 e. The van der Waals surface area contributed by atoms with Crippen molar-refractivity contribution in [3.05, 3.63) is 22.1 Å². The van der Waals surface area contributed by atoms with Crippen molar-refractivity contribution in [2.75, 3.05) is 5.32 Å². The van der Waals surface area contributed by atoms with E-state index in [1.165, 1.54) is 6.07 Å². The van der Waals surface area contributed by atoms with Crippen molar-refractivity contribution in [2.45, 2.75) is 19.8 Å². The fourth-order valence-electron chi connectivity index (χ4n) is 1.09. The number of H-pyrrole nitrogens is 1. The maximum absolute atomic E-state index is 11.0. The SMILES string of the molecule is CCCc1cc(=O)nc(NC(N)=O)[nH]1. The summed E-state index contributed by atoms with van der Waals surface area (Å²) in [6.07, 6.45) is 1.63. The zero-order valence-electron chi connectivity index (χ0n) is 7.83. The lowest BCUT2D eigenvalue weighted by Crippen LogP contribution is -2.23. The first-order valence-electron chi connectivity index (χ1n) is 4.28. The number of hydrogen-bond donors (Lipinski definition) is 3. The Kier molecular flexibility index (Phi) is 3.22. The van der Waals surface area contributed by atoms with Gasteiger partial charge in [0.2, 0.25) is 5.95 Å². The highest BCUT2D eigenvalue weighted by Crippen LogP contribution is 1.99. The quantitative estimate of drug-likeness (QED) is 0.644. The Labute approximate surface area is 80.5 Å². The maximum atomic E-state index is 11.0. The van der Waals surface area contributed by atoms with E-state index in [0.717, 1.165) is 18.5 Å². The summed E-state index contributed by atoms with van der Waals surface area (Å²) in [5, 5.41) is 2.22. The van der Waals surface area contributed by atoms with Crippen molar-refractivity contribution < 1.29 is 4.79 Å². The highest BCUT2D eigenvalue weighted by Gasteiger charge is 2.01. The Morgan fingerprint density at radius 2 is 2.43 bits per heavy atom. The molecule has 0 bridgehead atoms. The average molecular weight is 196 g/mol. The number of carbonyl (C=O) groups excluding carboxylic acids is 1. The fraction of sp³-hybridized carbons (Fsp3) is 0.375. The number of aromatic nitrogens is 2. The predicted molar refractivity (Wildman–Crippen MR) is 52.1 cm³/mol. The summed E-state index contributed by atoms with van der Waals surface area (Å²) in [5.74, 6) is 0.0912. The van der Waals surface area contributed by atoms with Crippen LogP contribution in [0.5, 0.6) is 0 Å². The van der Waals surface area contributed by atoms with E-state index in [0.29, 0.717) is 0 Å². The van der Waals surface area contributed by atoms with Crippen molar-refractivity contribution in [1.29, 1.82) is 0 Å². The lowest BCUT2D eigenvalue weighted by molar-refractivity contribution is 0.259. The van der Waals surface area contributed by atoms with Gasteiger partial charge in [0.25, 0.3) is 5.56 Å². The number of rotatable bonds is 3. The summed E-state index contributed by atoms with van der Waals surface area (Å²) in [6.45, 7) is 1.99. The number of hydrogen-bond acceptors (Lipinski definition) is 3. The zero-order valence-corrected chi connectivity index (χ0v) is 7.83. The van der Waals surface area contributed by atoms with E-state index in [2.05, 4.69) is 15.3 Å². The van der Waals surface area contributed by atoms with E-state index in [-0.39, 0.29) is 5.95 Å². The molecule has 1 aromatic heterocycles. The lowest BCUT2D eigenvalue weighted by atomic mass is 10.2. The number of anilines is 1. The second-order valence-electron chi connectivity index (χ2n) is 2.83. The van der Waals surface area contributed by atoms with Gasteiger partial charge in [-0.05, 0) is 6.42 Å². The molecular formula is C8H12N4O2. The van der Waals surface area contributed by atoms with Gasteiger partial charge >= 0.3 is 6.03 Å². The van der Waals surface area contributed by atoms with Crippen LogP contribution in [0.3, 0.4) is 0 Å².